The minimum absolute atomic E-state index is 0.0950. The van der Waals surface area contributed by atoms with Gasteiger partial charge >= 0.3 is 0 Å². The Labute approximate surface area is 127 Å². The van der Waals surface area contributed by atoms with Crippen molar-refractivity contribution in [2.45, 2.75) is 89.3 Å². The fourth-order valence-corrected chi connectivity index (χ4v) is 4.01. The summed E-state index contributed by atoms with van der Waals surface area (Å²) < 4.78 is 0. The molecule has 3 fully saturated rings. The summed E-state index contributed by atoms with van der Waals surface area (Å²) in [5.41, 5.74) is 0. The summed E-state index contributed by atoms with van der Waals surface area (Å²) in [6, 6.07) is -0.154. The summed E-state index contributed by atoms with van der Waals surface area (Å²) in [4.78, 5) is 27.5. The number of amides is 2. The first kappa shape index (κ1) is 14.9. The molecule has 1 aliphatic heterocycles. The molecule has 2 atom stereocenters. The maximum absolute atomic E-state index is 13.0. The SMILES string of the molecule is CCCC1C(=O)NC(C2CC2)C(=O)N1C1CCCCCC1. The van der Waals surface area contributed by atoms with Gasteiger partial charge in [-0.3, -0.25) is 9.59 Å². The van der Waals surface area contributed by atoms with Crippen molar-refractivity contribution in [3.63, 3.8) is 0 Å². The summed E-state index contributed by atoms with van der Waals surface area (Å²) in [6.45, 7) is 2.09. The molecule has 1 saturated heterocycles. The zero-order valence-electron chi connectivity index (χ0n) is 13.1. The van der Waals surface area contributed by atoms with Gasteiger partial charge in [0.2, 0.25) is 11.8 Å². The van der Waals surface area contributed by atoms with Gasteiger partial charge in [0.25, 0.3) is 0 Å². The summed E-state index contributed by atoms with van der Waals surface area (Å²) >= 11 is 0. The van der Waals surface area contributed by atoms with Crippen LogP contribution in [-0.4, -0.2) is 34.8 Å². The Morgan fingerprint density at radius 2 is 1.71 bits per heavy atom. The standard InChI is InChI=1S/C17H28N2O2/c1-2-7-14-16(20)18-15(12-10-11-12)17(21)19(14)13-8-5-3-4-6-9-13/h12-15H,2-11H2,1H3,(H,18,20). The molecule has 0 aromatic heterocycles. The molecule has 2 amide bonds. The van der Waals surface area contributed by atoms with Crippen molar-refractivity contribution in [2.75, 3.05) is 0 Å². The first-order chi connectivity index (χ1) is 10.2. The average Bonchev–Trinajstić information content (AvgIpc) is 3.29. The third kappa shape index (κ3) is 3.09. The zero-order valence-corrected chi connectivity index (χ0v) is 13.1. The predicted molar refractivity (Wildman–Crippen MR) is 81.7 cm³/mol. The van der Waals surface area contributed by atoms with Crippen molar-refractivity contribution in [1.29, 1.82) is 0 Å². The third-order valence-corrected chi connectivity index (χ3v) is 5.33. The number of carbonyl (C=O) groups excluding carboxylic acids is 2. The van der Waals surface area contributed by atoms with E-state index in [-0.39, 0.29) is 23.9 Å². The van der Waals surface area contributed by atoms with Gasteiger partial charge in [0, 0.05) is 6.04 Å². The van der Waals surface area contributed by atoms with Crippen LogP contribution in [0.25, 0.3) is 0 Å². The Kier molecular flexibility index (Phi) is 4.51. The molecule has 2 unspecified atom stereocenters. The lowest BCUT2D eigenvalue weighted by molar-refractivity contribution is -0.153. The largest absolute Gasteiger partial charge is 0.342 e. The van der Waals surface area contributed by atoms with E-state index in [2.05, 4.69) is 12.2 Å². The molecule has 2 saturated carbocycles. The van der Waals surface area contributed by atoms with E-state index in [0.717, 1.165) is 38.5 Å². The smallest absolute Gasteiger partial charge is 0.246 e. The third-order valence-electron chi connectivity index (χ3n) is 5.33. The maximum atomic E-state index is 13.0. The summed E-state index contributed by atoms with van der Waals surface area (Å²) in [6.07, 6.45) is 11.0. The monoisotopic (exact) mass is 292 g/mol. The van der Waals surface area contributed by atoms with Gasteiger partial charge in [0.1, 0.15) is 12.1 Å². The van der Waals surface area contributed by atoms with Crippen LogP contribution in [0.3, 0.4) is 0 Å². The first-order valence-corrected chi connectivity index (χ1v) is 8.85. The summed E-state index contributed by atoms with van der Waals surface area (Å²) in [5.74, 6) is 0.706. The molecule has 0 radical (unpaired) electrons. The molecule has 3 aliphatic rings. The van der Waals surface area contributed by atoms with Gasteiger partial charge in [0.15, 0.2) is 0 Å². The van der Waals surface area contributed by atoms with Gasteiger partial charge in [-0.15, -0.1) is 0 Å². The summed E-state index contributed by atoms with van der Waals surface area (Å²) in [5, 5.41) is 3.02. The molecule has 4 heteroatoms. The van der Waals surface area contributed by atoms with Crippen LogP contribution < -0.4 is 5.32 Å². The van der Waals surface area contributed by atoms with Crippen LogP contribution >= 0.6 is 0 Å². The molecule has 0 aromatic rings. The van der Waals surface area contributed by atoms with Crippen LogP contribution in [-0.2, 0) is 9.59 Å². The van der Waals surface area contributed by atoms with Crippen molar-refractivity contribution >= 4 is 11.8 Å². The molecule has 118 valence electrons. The highest BCUT2D eigenvalue weighted by molar-refractivity contribution is 5.97. The fourth-order valence-electron chi connectivity index (χ4n) is 4.01. The van der Waals surface area contributed by atoms with Crippen molar-refractivity contribution in [3.05, 3.63) is 0 Å². The van der Waals surface area contributed by atoms with Gasteiger partial charge < -0.3 is 10.2 Å². The lowest BCUT2D eigenvalue weighted by Crippen LogP contribution is -2.66. The second-order valence-electron chi connectivity index (χ2n) is 7.02. The number of hydrogen-bond donors (Lipinski definition) is 1. The highest BCUT2D eigenvalue weighted by atomic mass is 16.2. The van der Waals surface area contributed by atoms with Gasteiger partial charge in [0.05, 0.1) is 0 Å². The van der Waals surface area contributed by atoms with E-state index in [1.165, 1.54) is 25.7 Å². The van der Waals surface area contributed by atoms with E-state index in [9.17, 15) is 9.59 Å². The molecule has 2 aliphatic carbocycles. The van der Waals surface area contributed by atoms with E-state index < -0.39 is 0 Å². The number of piperazine rings is 1. The molecule has 4 nitrogen and oxygen atoms in total. The Balaban J connectivity index is 1.81. The highest BCUT2D eigenvalue weighted by Crippen LogP contribution is 2.37. The second kappa shape index (κ2) is 6.37. The molecule has 3 rings (SSSR count). The van der Waals surface area contributed by atoms with Crippen LogP contribution in [0.2, 0.25) is 0 Å². The quantitative estimate of drug-likeness (QED) is 0.810. The van der Waals surface area contributed by atoms with E-state index >= 15 is 0 Å². The number of nitrogens with zero attached hydrogens (tertiary/aromatic N) is 1. The minimum Gasteiger partial charge on any atom is -0.342 e. The minimum atomic E-state index is -0.228. The van der Waals surface area contributed by atoms with Crippen LogP contribution in [0.1, 0.15) is 71.1 Å². The summed E-state index contributed by atoms with van der Waals surface area (Å²) in [7, 11) is 0. The van der Waals surface area contributed by atoms with Crippen molar-refractivity contribution in [1.82, 2.24) is 10.2 Å². The van der Waals surface area contributed by atoms with Gasteiger partial charge in [-0.05, 0) is 38.0 Å². The molecular formula is C17H28N2O2. The maximum Gasteiger partial charge on any atom is 0.246 e. The van der Waals surface area contributed by atoms with Crippen LogP contribution in [0.4, 0.5) is 0 Å². The predicted octanol–water partition coefficient (Wildman–Crippen LogP) is 2.61. The van der Waals surface area contributed by atoms with Crippen LogP contribution in [0.15, 0.2) is 0 Å². The van der Waals surface area contributed by atoms with Crippen molar-refractivity contribution in [3.8, 4) is 0 Å². The molecule has 21 heavy (non-hydrogen) atoms. The Morgan fingerprint density at radius 1 is 1.05 bits per heavy atom. The topological polar surface area (TPSA) is 49.4 Å². The first-order valence-electron chi connectivity index (χ1n) is 8.85. The van der Waals surface area contributed by atoms with Crippen LogP contribution in [0.5, 0.6) is 0 Å². The lowest BCUT2D eigenvalue weighted by atomic mass is 9.95. The zero-order chi connectivity index (χ0) is 14.8. The van der Waals surface area contributed by atoms with E-state index in [1.54, 1.807) is 0 Å². The van der Waals surface area contributed by atoms with Crippen molar-refractivity contribution in [2.24, 2.45) is 5.92 Å². The molecule has 0 spiro atoms. The Bertz CT molecular complexity index is 398. The molecule has 1 heterocycles. The highest BCUT2D eigenvalue weighted by Gasteiger charge is 2.48. The van der Waals surface area contributed by atoms with E-state index in [4.69, 9.17) is 0 Å². The average molecular weight is 292 g/mol. The number of hydrogen-bond acceptors (Lipinski definition) is 2. The van der Waals surface area contributed by atoms with Gasteiger partial charge in [-0.1, -0.05) is 39.0 Å². The lowest BCUT2D eigenvalue weighted by Gasteiger charge is -2.43. The Hall–Kier alpha value is -1.06. The van der Waals surface area contributed by atoms with E-state index in [0.29, 0.717) is 12.0 Å². The van der Waals surface area contributed by atoms with E-state index in [1.807, 2.05) is 4.90 Å². The van der Waals surface area contributed by atoms with Gasteiger partial charge in [-0.25, -0.2) is 0 Å². The Morgan fingerprint density at radius 3 is 2.29 bits per heavy atom. The van der Waals surface area contributed by atoms with Crippen LogP contribution in [0, 0.1) is 5.92 Å². The normalized spacial score (nSPS) is 32.0. The van der Waals surface area contributed by atoms with Gasteiger partial charge in [-0.2, -0.15) is 0 Å². The molecule has 0 bridgehead atoms. The second-order valence-corrected chi connectivity index (χ2v) is 7.02. The molecule has 0 aromatic carbocycles. The van der Waals surface area contributed by atoms with Crippen molar-refractivity contribution < 1.29 is 9.59 Å². The molecular weight excluding hydrogens is 264 g/mol. The number of carbonyl (C=O) groups is 2. The number of nitrogens with one attached hydrogen (secondary N) is 1. The number of rotatable bonds is 4. The molecule has 1 N–H and O–H groups in total. The fraction of sp³-hybridized carbons (Fsp3) is 0.882.